The van der Waals surface area contributed by atoms with Gasteiger partial charge in [0.2, 0.25) is 0 Å². The summed E-state index contributed by atoms with van der Waals surface area (Å²) in [7, 11) is -0.0445. The van der Waals surface area contributed by atoms with Crippen molar-refractivity contribution < 1.29 is 0 Å². The highest BCUT2D eigenvalue weighted by molar-refractivity contribution is 8.33. The zero-order chi connectivity index (χ0) is 8.60. The van der Waals surface area contributed by atoms with Crippen molar-refractivity contribution in [3.8, 4) is 0 Å². The molecule has 0 nitrogen and oxygen atoms in total. The third-order valence-corrected chi connectivity index (χ3v) is 8.35. The van der Waals surface area contributed by atoms with Crippen LogP contribution < -0.4 is 0 Å². The van der Waals surface area contributed by atoms with Gasteiger partial charge in [0.1, 0.15) is 0 Å². The maximum atomic E-state index is 2.46. The van der Waals surface area contributed by atoms with Gasteiger partial charge in [0, 0.05) is 0 Å². The first-order valence-corrected chi connectivity index (χ1v) is 7.75. The van der Waals surface area contributed by atoms with Gasteiger partial charge in [0.05, 0.1) is 0 Å². The lowest BCUT2D eigenvalue weighted by atomic mass is 10.1. The molecule has 0 aliphatic carbocycles. The molecular formula is C11H22S. The summed E-state index contributed by atoms with van der Waals surface area (Å²) in [6.07, 6.45) is 4.63. The van der Waals surface area contributed by atoms with Crippen molar-refractivity contribution in [1.29, 1.82) is 0 Å². The molecule has 72 valence electrons. The molecule has 0 saturated carbocycles. The maximum Gasteiger partial charge on any atom is -0.0202 e. The van der Waals surface area contributed by atoms with E-state index in [0.717, 1.165) is 11.8 Å². The second kappa shape index (κ2) is 3.25. The van der Waals surface area contributed by atoms with Crippen molar-refractivity contribution in [2.24, 2.45) is 11.8 Å². The van der Waals surface area contributed by atoms with E-state index in [2.05, 4.69) is 13.8 Å². The Morgan fingerprint density at radius 2 is 1.33 bits per heavy atom. The highest BCUT2D eigenvalue weighted by Crippen LogP contribution is 2.59. The van der Waals surface area contributed by atoms with Crippen molar-refractivity contribution in [1.82, 2.24) is 0 Å². The van der Waals surface area contributed by atoms with Gasteiger partial charge >= 0.3 is 0 Å². The molecule has 0 radical (unpaired) electrons. The normalized spacial score (nSPS) is 53.8. The van der Waals surface area contributed by atoms with Crippen LogP contribution in [-0.4, -0.2) is 23.0 Å². The van der Waals surface area contributed by atoms with E-state index in [1.165, 1.54) is 0 Å². The van der Waals surface area contributed by atoms with E-state index >= 15 is 0 Å². The van der Waals surface area contributed by atoms with Crippen LogP contribution >= 0.6 is 10.0 Å². The first-order valence-electron chi connectivity index (χ1n) is 5.44. The molecule has 1 heteroatoms. The predicted molar refractivity (Wildman–Crippen MR) is 59.2 cm³/mol. The van der Waals surface area contributed by atoms with E-state index in [1.807, 2.05) is 0 Å². The molecule has 2 fully saturated rings. The van der Waals surface area contributed by atoms with Crippen LogP contribution in [0.2, 0.25) is 0 Å². The highest BCUT2D eigenvalue weighted by Gasteiger charge is 2.34. The molecule has 2 aliphatic heterocycles. The van der Waals surface area contributed by atoms with E-state index in [9.17, 15) is 0 Å². The summed E-state index contributed by atoms with van der Waals surface area (Å²) in [5, 5.41) is 0. The SMILES string of the molecule is CC1CCS2(CC1)CCC(C)C2. The van der Waals surface area contributed by atoms with Crippen LogP contribution in [0.5, 0.6) is 0 Å². The molecule has 0 aromatic carbocycles. The summed E-state index contributed by atoms with van der Waals surface area (Å²) in [4.78, 5) is 0. The lowest BCUT2D eigenvalue weighted by Crippen LogP contribution is -2.21. The zero-order valence-electron chi connectivity index (χ0n) is 8.51. The van der Waals surface area contributed by atoms with Gasteiger partial charge in [-0.1, -0.05) is 13.8 Å². The summed E-state index contributed by atoms with van der Waals surface area (Å²) in [5.41, 5.74) is 0. The molecular weight excluding hydrogens is 164 g/mol. The molecule has 0 amide bonds. The Bertz CT molecular complexity index is 156. The topological polar surface area (TPSA) is 0 Å². The number of rotatable bonds is 0. The molecule has 2 heterocycles. The van der Waals surface area contributed by atoms with E-state index in [1.54, 1.807) is 42.3 Å². The molecule has 1 atom stereocenters. The molecule has 0 aromatic rings. The van der Waals surface area contributed by atoms with Crippen LogP contribution in [0.3, 0.4) is 0 Å². The van der Waals surface area contributed by atoms with Gasteiger partial charge in [-0.15, -0.1) is 0 Å². The number of hydrogen-bond acceptors (Lipinski definition) is 0. The highest BCUT2D eigenvalue weighted by atomic mass is 32.3. The predicted octanol–water partition coefficient (Wildman–Crippen LogP) is 3.26. The lowest BCUT2D eigenvalue weighted by Gasteiger charge is -2.42. The molecule has 0 bridgehead atoms. The zero-order valence-corrected chi connectivity index (χ0v) is 9.33. The van der Waals surface area contributed by atoms with Crippen molar-refractivity contribution >= 4 is 10.0 Å². The smallest absolute Gasteiger partial charge is 0.0202 e. The molecule has 0 aromatic heterocycles. The quantitative estimate of drug-likeness (QED) is 0.545. The van der Waals surface area contributed by atoms with Gasteiger partial charge in [-0.2, -0.15) is 0 Å². The Morgan fingerprint density at radius 1 is 0.833 bits per heavy atom. The van der Waals surface area contributed by atoms with Crippen LogP contribution in [-0.2, 0) is 0 Å². The third-order valence-electron chi connectivity index (χ3n) is 3.77. The van der Waals surface area contributed by atoms with Crippen LogP contribution in [0.15, 0.2) is 0 Å². The van der Waals surface area contributed by atoms with Crippen molar-refractivity contribution in [2.75, 3.05) is 23.0 Å². The average molecular weight is 186 g/mol. The number of hydrogen-bond donors (Lipinski definition) is 0. The maximum absolute atomic E-state index is 2.46. The van der Waals surface area contributed by atoms with Gasteiger partial charge in [-0.3, -0.25) is 0 Å². The molecule has 2 rings (SSSR count). The fourth-order valence-electron chi connectivity index (χ4n) is 2.74. The minimum absolute atomic E-state index is 0.0445. The Balaban J connectivity index is 1.95. The Labute approximate surface area is 78.4 Å². The van der Waals surface area contributed by atoms with Gasteiger partial charge in [0.25, 0.3) is 0 Å². The Hall–Kier alpha value is 0.350. The second-order valence-electron chi connectivity index (χ2n) is 5.08. The summed E-state index contributed by atoms with van der Waals surface area (Å²) in [5.74, 6) is 8.60. The van der Waals surface area contributed by atoms with Gasteiger partial charge in [0.15, 0.2) is 0 Å². The van der Waals surface area contributed by atoms with Crippen molar-refractivity contribution in [3.05, 3.63) is 0 Å². The standard InChI is InChI=1S/C11H22S/c1-10-3-6-12(7-4-10)8-5-11(2)9-12/h10-11H,3-9H2,1-2H3. The van der Waals surface area contributed by atoms with Crippen molar-refractivity contribution in [3.63, 3.8) is 0 Å². The minimum Gasteiger partial charge on any atom is -0.241 e. The lowest BCUT2D eigenvalue weighted by molar-refractivity contribution is 0.535. The first-order chi connectivity index (χ1) is 5.70. The van der Waals surface area contributed by atoms with Crippen LogP contribution in [0, 0.1) is 11.8 Å². The second-order valence-corrected chi connectivity index (χ2v) is 9.09. The fourth-order valence-corrected chi connectivity index (χ4v) is 7.93. The van der Waals surface area contributed by atoms with Gasteiger partial charge < -0.3 is 0 Å². The monoisotopic (exact) mass is 186 g/mol. The van der Waals surface area contributed by atoms with Gasteiger partial charge in [-0.25, -0.2) is 10.0 Å². The van der Waals surface area contributed by atoms with Crippen LogP contribution in [0.25, 0.3) is 0 Å². The molecule has 12 heavy (non-hydrogen) atoms. The molecule has 1 spiro atoms. The van der Waals surface area contributed by atoms with E-state index in [0.29, 0.717) is 0 Å². The van der Waals surface area contributed by atoms with E-state index in [-0.39, 0.29) is 10.0 Å². The Morgan fingerprint density at radius 3 is 1.83 bits per heavy atom. The van der Waals surface area contributed by atoms with Crippen LogP contribution in [0.4, 0.5) is 0 Å². The Kier molecular flexibility index (Phi) is 2.42. The third kappa shape index (κ3) is 1.66. The van der Waals surface area contributed by atoms with E-state index in [4.69, 9.17) is 0 Å². The average Bonchev–Trinajstić information content (AvgIpc) is 2.40. The minimum atomic E-state index is -0.0445. The summed E-state index contributed by atoms with van der Waals surface area (Å²) in [6.45, 7) is 4.89. The van der Waals surface area contributed by atoms with E-state index < -0.39 is 0 Å². The molecule has 1 unspecified atom stereocenters. The largest absolute Gasteiger partial charge is 0.241 e. The molecule has 2 saturated heterocycles. The summed E-state index contributed by atoms with van der Waals surface area (Å²) in [6, 6.07) is 0. The summed E-state index contributed by atoms with van der Waals surface area (Å²) < 4.78 is 0. The first kappa shape index (κ1) is 8.93. The van der Waals surface area contributed by atoms with Crippen molar-refractivity contribution in [2.45, 2.75) is 33.1 Å². The fraction of sp³-hybridized carbons (Fsp3) is 1.00. The van der Waals surface area contributed by atoms with Gasteiger partial charge in [-0.05, 0) is 54.1 Å². The molecule has 2 aliphatic rings. The molecule has 0 N–H and O–H groups in total. The summed E-state index contributed by atoms with van der Waals surface area (Å²) >= 11 is 0. The van der Waals surface area contributed by atoms with Crippen LogP contribution in [0.1, 0.15) is 33.1 Å².